The fourth-order valence-corrected chi connectivity index (χ4v) is 5.45. The topological polar surface area (TPSA) is 80.7 Å². The van der Waals surface area contributed by atoms with Gasteiger partial charge in [0.1, 0.15) is 0 Å². The number of carbonyl (C=O) groups is 3. The smallest absolute Gasteiger partial charge is 0.171 e. The third kappa shape index (κ3) is 3.26. The van der Waals surface area contributed by atoms with Crippen LogP contribution in [0.3, 0.4) is 0 Å². The van der Waals surface area contributed by atoms with Crippen LogP contribution in [0.4, 0.5) is 0 Å². The molecule has 31 heavy (non-hydrogen) atoms. The van der Waals surface area contributed by atoms with Crippen LogP contribution in [0.5, 0.6) is 11.5 Å². The van der Waals surface area contributed by atoms with E-state index in [1.165, 1.54) is 7.11 Å². The molecule has 0 spiro atoms. The molecule has 3 atom stereocenters. The van der Waals surface area contributed by atoms with E-state index in [4.69, 9.17) is 4.74 Å². The number of Topliss-reactive ketones (excluding diaryl/α,β-unsaturated/α-hetero) is 2. The van der Waals surface area contributed by atoms with Gasteiger partial charge in [-0.25, -0.2) is 0 Å². The van der Waals surface area contributed by atoms with Crippen LogP contribution in [0, 0.1) is 17.3 Å². The molecule has 0 saturated carbocycles. The highest BCUT2D eigenvalue weighted by Crippen LogP contribution is 2.56. The van der Waals surface area contributed by atoms with Crippen molar-refractivity contribution in [3.05, 3.63) is 45.6 Å². The predicted octanol–water partition coefficient (Wildman–Crippen LogP) is 5.66. The molecule has 1 aromatic carbocycles. The molecule has 2 aliphatic carbocycles. The van der Waals surface area contributed by atoms with E-state index < -0.39 is 11.3 Å². The van der Waals surface area contributed by atoms with Gasteiger partial charge >= 0.3 is 0 Å². The molecule has 0 bridgehead atoms. The van der Waals surface area contributed by atoms with Crippen molar-refractivity contribution in [2.75, 3.05) is 7.11 Å². The van der Waals surface area contributed by atoms with E-state index in [1.54, 1.807) is 0 Å². The average molecular weight is 425 g/mol. The van der Waals surface area contributed by atoms with Gasteiger partial charge in [-0.05, 0) is 45.4 Å². The van der Waals surface area contributed by atoms with Crippen LogP contribution in [0.15, 0.2) is 23.3 Å². The minimum Gasteiger partial charge on any atom is -0.504 e. The van der Waals surface area contributed by atoms with Crippen molar-refractivity contribution in [1.82, 2.24) is 0 Å². The Kier molecular flexibility index (Phi) is 6.01. The molecule has 0 amide bonds. The van der Waals surface area contributed by atoms with E-state index in [9.17, 15) is 19.5 Å². The highest BCUT2D eigenvalue weighted by Gasteiger charge is 2.57. The minimum atomic E-state index is -0.930. The number of phenols is 1. The van der Waals surface area contributed by atoms with Crippen LogP contribution in [0.2, 0.25) is 0 Å². The molecule has 0 radical (unpaired) electrons. The lowest BCUT2D eigenvalue weighted by atomic mass is 9.52. The summed E-state index contributed by atoms with van der Waals surface area (Å²) in [4.78, 5) is 40.0. The number of allylic oxidation sites excluding steroid dienone is 4. The van der Waals surface area contributed by atoms with Crippen LogP contribution in [-0.2, 0) is 0 Å². The van der Waals surface area contributed by atoms with Gasteiger partial charge in [0, 0.05) is 28.0 Å². The molecule has 0 fully saturated rings. The summed E-state index contributed by atoms with van der Waals surface area (Å²) in [6, 6.07) is 0. The van der Waals surface area contributed by atoms with E-state index in [-0.39, 0.29) is 51.6 Å². The summed E-state index contributed by atoms with van der Waals surface area (Å²) < 4.78 is 5.43. The van der Waals surface area contributed by atoms with Gasteiger partial charge in [0.2, 0.25) is 0 Å². The number of hydrogen-bond acceptors (Lipinski definition) is 5. The van der Waals surface area contributed by atoms with E-state index in [1.807, 2.05) is 47.6 Å². The highest BCUT2D eigenvalue weighted by atomic mass is 16.5. The van der Waals surface area contributed by atoms with E-state index in [0.717, 1.165) is 11.1 Å². The van der Waals surface area contributed by atoms with Gasteiger partial charge in [0.15, 0.2) is 29.4 Å². The summed E-state index contributed by atoms with van der Waals surface area (Å²) in [5, 5.41) is 10.7. The predicted molar refractivity (Wildman–Crippen MR) is 120 cm³/mol. The van der Waals surface area contributed by atoms with Crippen molar-refractivity contribution >= 4 is 17.9 Å². The standard InChI is InChI=1S/C26H32O5/c1-13(2)8-10-17-15(5)9-11-18-23(29)20-16(12-27)22(28)24(31-7)19(14(3)4)21(20)25(30)26(17,18)6/h8-9,12,14,17-18,28H,10-11H2,1-7H3/t17-,18-,26-/m0/s1. The number of fused-ring (bicyclic) bond motifs is 2. The van der Waals surface area contributed by atoms with Crippen molar-refractivity contribution in [3.63, 3.8) is 0 Å². The lowest BCUT2D eigenvalue weighted by Crippen LogP contribution is -2.52. The maximum Gasteiger partial charge on any atom is 0.171 e. The molecule has 0 aliphatic heterocycles. The van der Waals surface area contributed by atoms with Crippen LogP contribution in [-0.4, -0.2) is 30.1 Å². The van der Waals surface area contributed by atoms with Gasteiger partial charge < -0.3 is 9.84 Å². The number of benzene rings is 1. The normalized spacial score (nSPS) is 25.0. The van der Waals surface area contributed by atoms with Gasteiger partial charge in [0.05, 0.1) is 12.7 Å². The third-order valence-corrected chi connectivity index (χ3v) is 7.12. The molecule has 5 nitrogen and oxygen atoms in total. The molecule has 0 heterocycles. The van der Waals surface area contributed by atoms with Crippen LogP contribution >= 0.6 is 0 Å². The molecule has 1 N–H and O–H groups in total. The van der Waals surface area contributed by atoms with Gasteiger partial charge in [-0.3, -0.25) is 14.4 Å². The lowest BCUT2D eigenvalue weighted by molar-refractivity contribution is 0.0438. The second-order valence-electron chi connectivity index (χ2n) is 9.51. The Labute approximate surface area is 184 Å². The first-order valence-corrected chi connectivity index (χ1v) is 10.8. The number of aldehydes is 1. The largest absolute Gasteiger partial charge is 0.504 e. The number of phenolic OH excluding ortho intramolecular Hbond substituents is 1. The monoisotopic (exact) mass is 424 g/mol. The Morgan fingerprint density at radius 3 is 2.45 bits per heavy atom. The van der Waals surface area contributed by atoms with E-state index >= 15 is 0 Å². The molecule has 1 aromatic rings. The molecule has 0 unspecified atom stereocenters. The van der Waals surface area contributed by atoms with E-state index in [0.29, 0.717) is 24.7 Å². The zero-order valence-electron chi connectivity index (χ0n) is 19.5. The second kappa shape index (κ2) is 8.10. The Morgan fingerprint density at radius 2 is 1.94 bits per heavy atom. The zero-order chi connectivity index (χ0) is 23.2. The Hall–Kier alpha value is -2.69. The molecular formula is C26H32O5. The van der Waals surface area contributed by atoms with Crippen molar-refractivity contribution in [1.29, 1.82) is 0 Å². The summed E-state index contributed by atoms with van der Waals surface area (Å²) in [6.07, 6.45) is 5.72. The molecular weight excluding hydrogens is 392 g/mol. The Morgan fingerprint density at radius 1 is 1.29 bits per heavy atom. The second-order valence-corrected chi connectivity index (χ2v) is 9.51. The summed E-state index contributed by atoms with van der Waals surface area (Å²) in [6.45, 7) is 11.7. The number of carbonyl (C=O) groups excluding carboxylic acids is 3. The van der Waals surface area contributed by atoms with Crippen LogP contribution in [0.25, 0.3) is 0 Å². The molecule has 2 aliphatic rings. The maximum atomic E-state index is 14.2. The van der Waals surface area contributed by atoms with Gasteiger partial charge in [0.25, 0.3) is 0 Å². The molecule has 166 valence electrons. The first-order valence-electron chi connectivity index (χ1n) is 10.8. The minimum absolute atomic E-state index is 0.0541. The number of aromatic hydroxyl groups is 1. The highest BCUT2D eigenvalue weighted by molar-refractivity contribution is 6.22. The number of rotatable bonds is 5. The lowest BCUT2D eigenvalue weighted by Gasteiger charge is -2.48. The fraction of sp³-hybridized carbons (Fsp3) is 0.500. The fourth-order valence-electron chi connectivity index (χ4n) is 5.45. The van der Waals surface area contributed by atoms with E-state index in [2.05, 4.69) is 6.08 Å². The quantitative estimate of drug-likeness (QED) is 0.487. The Bertz CT molecular complexity index is 1020. The number of methoxy groups -OCH3 is 1. The number of ether oxygens (including phenoxy) is 1. The molecule has 0 saturated heterocycles. The number of hydrogen-bond donors (Lipinski definition) is 1. The first kappa shape index (κ1) is 23.0. The van der Waals surface area contributed by atoms with Gasteiger partial charge in [-0.2, -0.15) is 0 Å². The van der Waals surface area contributed by atoms with Crippen molar-refractivity contribution in [3.8, 4) is 11.5 Å². The molecule has 3 rings (SSSR count). The third-order valence-electron chi connectivity index (χ3n) is 7.12. The average Bonchev–Trinajstić information content (AvgIpc) is 2.70. The van der Waals surface area contributed by atoms with Gasteiger partial charge in [-0.1, -0.05) is 44.1 Å². The van der Waals surface area contributed by atoms with Crippen LogP contribution in [0.1, 0.15) is 96.9 Å². The summed E-state index contributed by atoms with van der Waals surface area (Å²) in [5.41, 5.74) is 1.97. The molecule has 0 aromatic heterocycles. The SMILES string of the molecule is COc1c(O)c(C=O)c2c(c1C(C)C)C(=O)[C@]1(C)[C@@H](CC=C(C)[C@@H]1CC=C(C)C)C2=O. The Balaban J connectivity index is 2.39. The zero-order valence-corrected chi connectivity index (χ0v) is 19.5. The van der Waals surface area contributed by atoms with Crippen molar-refractivity contribution < 1.29 is 24.2 Å². The number of ketones is 2. The van der Waals surface area contributed by atoms with Crippen molar-refractivity contribution in [2.24, 2.45) is 17.3 Å². The molecule has 5 heteroatoms. The van der Waals surface area contributed by atoms with Gasteiger partial charge in [-0.15, -0.1) is 0 Å². The first-order chi connectivity index (χ1) is 14.5. The summed E-state index contributed by atoms with van der Waals surface area (Å²) in [7, 11) is 1.40. The maximum absolute atomic E-state index is 14.2. The van der Waals surface area contributed by atoms with Crippen LogP contribution < -0.4 is 4.74 Å². The summed E-state index contributed by atoms with van der Waals surface area (Å²) in [5.74, 6) is -1.54. The summed E-state index contributed by atoms with van der Waals surface area (Å²) >= 11 is 0. The van der Waals surface area contributed by atoms with Crippen molar-refractivity contribution in [2.45, 2.75) is 60.3 Å².